The van der Waals surface area contributed by atoms with E-state index in [9.17, 15) is 4.39 Å². The summed E-state index contributed by atoms with van der Waals surface area (Å²) < 4.78 is 13.4. The molecule has 0 saturated heterocycles. The van der Waals surface area contributed by atoms with Gasteiger partial charge in [-0.3, -0.25) is 4.98 Å². The molecular formula is C17H15ClFN. The van der Waals surface area contributed by atoms with Crippen molar-refractivity contribution in [3.05, 3.63) is 52.9 Å². The van der Waals surface area contributed by atoms with Gasteiger partial charge in [0.25, 0.3) is 0 Å². The molecule has 0 aliphatic rings. The average molecular weight is 288 g/mol. The summed E-state index contributed by atoms with van der Waals surface area (Å²) >= 11 is 5.66. The molecule has 0 amide bonds. The monoisotopic (exact) mass is 287 g/mol. The summed E-state index contributed by atoms with van der Waals surface area (Å²) in [5.74, 6) is 5.75. The minimum Gasteiger partial charge on any atom is -0.255 e. The Labute approximate surface area is 123 Å². The molecule has 2 aromatic rings. The van der Waals surface area contributed by atoms with Crippen LogP contribution in [0.1, 0.15) is 31.7 Å². The number of hydrogen-bond donors (Lipinski definition) is 0. The smallest absolute Gasteiger partial charge is 0.142 e. The molecule has 1 heterocycles. The van der Waals surface area contributed by atoms with Crippen molar-refractivity contribution in [3.63, 3.8) is 0 Å². The second kappa shape index (κ2) is 7.07. The van der Waals surface area contributed by atoms with Gasteiger partial charge in [-0.2, -0.15) is 0 Å². The van der Waals surface area contributed by atoms with Gasteiger partial charge in [-0.15, -0.1) is 0 Å². The van der Waals surface area contributed by atoms with Crippen molar-refractivity contribution in [2.45, 2.75) is 26.2 Å². The zero-order valence-corrected chi connectivity index (χ0v) is 12.0. The largest absolute Gasteiger partial charge is 0.255 e. The van der Waals surface area contributed by atoms with Crippen molar-refractivity contribution < 1.29 is 4.39 Å². The highest BCUT2D eigenvalue weighted by Crippen LogP contribution is 2.22. The Bertz CT molecular complexity index is 638. The van der Waals surface area contributed by atoms with Crippen LogP contribution < -0.4 is 0 Å². The SMILES string of the molecule is CCCCC#Cc1ccc(-c2ccc(Cl)c(F)c2)nc1. The number of unbranched alkanes of at least 4 members (excludes halogenated alkanes) is 2. The zero-order valence-electron chi connectivity index (χ0n) is 11.3. The van der Waals surface area contributed by atoms with Gasteiger partial charge in [0.15, 0.2) is 0 Å². The van der Waals surface area contributed by atoms with E-state index < -0.39 is 5.82 Å². The molecule has 2 rings (SSSR count). The topological polar surface area (TPSA) is 12.9 Å². The van der Waals surface area contributed by atoms with E-state index in [1.165, 1.54) is 12.1 Å². The van der Waals surface area contributed by atoms with E-state index in [1.807, 2.05) is 12.1 Å². The fourth-order valence-electron chi connectivity index (χ4n) is 1.72. The number of pyridine rings is 1. The zero-order chi connectivity index (χ0) is 14.4. The first kappa shape index (κ1) is 14.6. The summed E-state index contributed by atoms with van der Waals surface area (Å²) in [5.41, 5.74) is 2.29. The lowest BCUT2D eigenvalue weighted by molar-refractivity contribution is 0.628. The molecule has 1 aromatic heterocycles. The molecule has 20 heavy (non-hydrogen) atoms. The predicted octanol–water partition coefficient (Wildman–Crippen LogP) is 5.08. The molecule has 0 unspecified atom stereocenters. The van der Waals surface area contributed by atoms with Crippen LogP contribution in [0.15, 0.2) is 36.5 Å². The van der Waals surface area contributed by atoms with Gasteiger partial charge < -0.3 is 0 Å². The first-order valence-electron chi connectivity index (χ1n) is 6.61. The highest BCUT2D eigenvalue weighted by Gasteiger charge is 2.04. The number of hydrogen-bond acceptors (Lipinski definition) is 1. The number of rotatable bonds is 3. The van der Waals surface area contributed by atoms with Crippen molar-refractivity contribution in [1.29, 1.82) is 0 Å². The van der Waals surface area contributed by atoms with Crippen LogP contribution in [0.3, 0.4) is 0 Å². The quantitative estimate of drug-likeness (QED) is 0.566. The summed E-state index contributed by atoms with van der Waals surface area (Å²) in [6.07, 6.45) is 4.87. The van der Waals surface area contributed by atoms with Gasteiger partial charge in [0.1, 0.15) is 5.82 Å². The number of halogens is 2. The van der Waals surface area contributed by atoms with Crippen molar-refractivity contribution in [2.75, 3.05) is 0 Å². The summed E-state index contributed by atoms with van der Waals surface area (Å²) in [6.45, 7) is 2.14. The van der Waals surface area contributed by atoms with Crippen LogP contribution in [-0.4, -0.2) is 4.98 Å². The molecule has 0 radical (unpaired) electrons. The molecule has 1 aromatic carbocycles. The van der Waals surface area contributed by atoms with E-state index in [4.69, 9.17) is 11.6 Å². The van der Waals surface area contributed by atoms with E-state index in [1.54, 1.807) is 12.3 Å². The summed E-state index contributed by atoms with van der Waals surface area (Å²) in [6, 6.07) is 8.41. The Morgan fingerprint density at radius 3 is 2.75 bits per heavy atom. The van der Waals surface area contributed by atoms with Gasteiger partial charge >= 0.3 is 0 Å². The maximum atomic E-state index is 13.4. The van der Waals surface area contributed by atoms with Crippen molar-refractivity contribution in [3.8, 4) is 23.1 Å². The van der Waals surface area contributed by atoms with Gasteiger partial charge in [0.2, 0.25) is 0 Å². The lowest BCUT2D eigenvalue weighted by atomic mass is 10.1. The minimum absolute atomic E-state index is 0.118. The lowest BCUT2D eigenvalue weighted by Crippen LogP contribution is -1.86. The third kappa shape index (κ3) is 3.82. The number of benzene rings is 1. The van der Waals surface area contributed by atoms with Gasteiger partial charge in [-0.05, 0) is 30.7 Å². The molecule has 0 aliphatic carbocycles. The van der Waals surface area contributed by atoms with E-state index in [2.05, 4.69) is 23.7 Å². The van der Waals surface area contributed by atoms with E-state index in [-0.39, 0.29) is 5.02 Å². The van der Waals surface area contributed by atoms with Crippen LogP contribution in [0.25, 0.3) is 11.3 Å². The molecule has 0 atom stereocenters. The predicted molar refractivity (Wildman–Crippen MR) is 81.0 cm³/mol. The Morgan fingerprint density at radius 1 is 1.25 bits per heavy atom. The van der Waals surface area contributed by atoms with Crippen LogP contribution in [0, 0.1) is 17.7 Å². The molecule has 0 N–H and O–H groups in total. The second-order valence-electron chi connectivity index (χ2n) is 4.47. The van der Waals surface area contributed by atoms with Crippen LogP contribution in [0.5, 0.6) is 0 Å². The molecule has 0 saturated carbocycles. The third-order valence-corrected chi connectivity index (χ3v) is 3.17. The Kier molecular flexibility index (Phi) is 5.15. The lowest BCUT2D eigenvalue weighted by Gasteiger charge is -2.02. The van der Waals surface area contributed by atoms with E-state index in [0.29, 0.717) is 11.3 Å². The Hall–Kier alpha value is -1.85. The summed E-state index contributed by atoms with van der Waals surface area (Å²) in [4.78, 5) is 4.31. The van der Waals surface area contributed by atoms with E-state index in [0.717, 1.165) is 24.8 Å². The highest BCUT2D eigenvalue weighted by molar-refractivity contribution is 6.30. The van der Waals surface area contributed by atoms with Crippen LogP contribution in [0.4, 0.5) is 4.39 Å². The van der Waals surface area contributed by atoms with Gasteiger partial charge in [0, 0.05) is 23.7 Å². The van der Waals surface area contributed by atoms with Crippen LogP contribution in [0.2, 0.25) is 5.02 Å². The maximum Gasteiger partial charge on any atom is 0.142 e. The fourth-order valence-corrected chi connectivity index (χ4v) is 1.84. The Balaban J connectivity index is 2.14. The molecule has 0 aliphatic heterocycles. The van der Waals surface area contributed by atoms with E-state index >= 15 is 0 Å². The fraction of sp³-hybridized carbons (Fsp3) is 0.235. The highest BCUT2D eigenvalue weighted by atomic mass is 35.5. The molecule has 3 heteroatoms. The first-order chi connectivity index (χ1) is 9.70. The van der Waals surface area contributed by atoms with Crippen LogP contribution >= 0.6 is 11.6 Å². The normalized spacial score (nSPS) is 9.95. The maximum absolute atomic E-state index is 13.4. The van der Waals surface area contributed by atoms with Crippen molar-refractivity contribution >= 4 is 11.6 Å². The third-order valence-electron chi connectivity index (χ3n) is 2.87. The molecule has 0 fully saturated rings. The average Bonchev–Trinajstić information content (AvgIpc) is 2.47. The summed E-state index contributed by atoms with van der Waals surface area (Å²) in [5, 5.41) is 0.118. The van der Waals surface area contributed by atoms with Gasteiger partial charge in [0.05, 0.1) is 10.7 Å². The summed E-state index contributed by atoms with van der Waals surface area (Å²) in [7, 11) is 0. The Morgan fingerprint density at radius 2 is 2.10 bits per heavy atom. The number of aromatic nitrogens is 1. The molecular weight excluding hydrogens is 273 g/mol. The van der Waals surface area contributed by atoms with Gasteiger partial charge in [-0.1, -0.05) is 42.9 Å². The molecule has 102 valence electrons. The molecule has 0 spiro atoms. The van der Waals surface area contributed by atoms with Crippen molar-refractivity contribution in [1.82, 2.24) is 4.98 Å². The van der Waals surface area contributed by atoms with Crippen LogP contribution in [-0.2, 0) is 0 Å². The van der Waals surface area contributed by atoms with Crippen molar-refractivity contribution in [2.24, 2.45) is 0 Å². The standard InChI is InChI=1S/C17H15ClFN/c1-2-3-4-5-6-13-7-10-17(20-12-13)14-8-9-15(18)16(19)11-14/h7-12H,2-4H2,1H3. The second-order valence-corrected chi connectivity index (χ2v) is 4.87. The number of nitrogens with zero attached hydrogens (tertiary/aromatic N) is 1. The first-order valence-corrected chi connectivity index (χ1v) is 6.99. The molecule has 0 bridgehead atoms. The molecule has 1 nitrogen and oxygen atoms in total. The van der Waals surface area contributed by atoms with Gasteiger partial charge in [-0.25, -0.2) is 4.39 Å². The minimum atomic E-state index is -0.436.